The van der Waals surface area contributed by atoms with Crippen LogP contribution in [0.3, 0.4) is 0 Å². The summed E-state index contributed by atoms with van der Waals surface area (Å²) >= 11 is 5.64. The van der Waals surface area contributed by atoms with Gasteiger partial charge < -0.3 is 0 Å². The molecule has 2 aromatic heterocycles. The fraction of sp³-hybridized carbons (Fsp3) is 0.111. The van der Waals surface area contributed by atoms with Gasteiger partial charge in [0.25, 0.3) is 0 Å². The average molecular weight is 194 g/mol. The van der Waals surface area contributed by atoms with Crippen LogP contribution in [0, 0.1) is 0 Å². The molecule has 0 radical (unpaired) electrons. The van der Waals surface area contributed by atoms with E-state index in [1.54, 1.807) is 12.4 Å². The summed E-state index contributed by atoms with van der Waals surface area (Å²) in [5.41, 5.74) is 2.79. The molecule has 0 fully saturated rings. The first kappa shape index (κ1) is 8.26. The van der Waals surface area contributed by atoms with Gasteiger partial charge in [-0.05, 0) is 18.2 Å². The fourth-order valence-electron chi connectivity index (χ4n) is 1.09. The molecule has 0 amide bonds. The van der Waals surface area contributed by atoms with Crippen molar-refractivity contribution in [2.45, 2.75) is 5.88 Å². The van der Waals surface area contributed by atoms with Crippen LogP contribution in [-0.2, 0) is 5.88 Å². The minimum absolute atomic E-state index is 0.452. The van der Waals surface area contributed by atoms with Gasteiger partial charge in [0.2, 0.25) is 0 Å². The number of aromatic amines is 1. The van der Waals surface area contributed by atoms with Crippen LogP contribution >= 0.6 is 11.6 Å². The van der Waals surface area contributed by atoms with Crippen molar-refractivity contribution in [3.63, 3.8) is 0 Å². The van der Waals surface area contributed by atoms with Gasteiger partial charge in [0.15, 0.2) is 0 Å². The summed E-state index contributed by atoms with van der Waals surface area (Å²) in [5, 5.41) is 6.95. The van der Waals surface area contributed by atoms with Crippen LogP contribution in [0.4, 0.5) is 0 Å². The molecule has 13 heavy (non-hydrogen) atoms. The quantitative estimate of drug-likeness (QED) is 0.743. The predicted molar refractivity (Wildman–Crippen MR) is 51.4 cm³/mol. The van der Waals surface area contributed by atoms with Crippen molar-refractivity contribution in [2.24, 2.45) is 0 Å². The Bertz CT molecular complexity index is 383. The zero-order chi connectivity index (χ0) is 9.10. The second-order valence-electron chi connectivity index (χ2n) is 2.65. The van der Waals surface area contributed by atoms with Gasteiger partial charge in [-0.15, -0.1) is 11.6 Å². The van der Waals surface area contributed by atoms with E-state index in [1.807, 2.05) is 18.2 Å². The second kappa shape index (κ2) is 3.58. The molecule has 0 aliphatic carbocycles. The number of nitrogens with zero attached hydrogens (tertiary/aromatic N) is 2. The maximum Gasteiger partial charge on any atom is 0.0939 e. The first-order valence-corrected chi connectivity index (χ1v) is 4.44. The third-order valence-electron chi connectivity index (χ3n) is 1.73. The van der Waals surface area contributed by atoms with Gasteiger partial charge in [0.1, 0.15) is 0 Å². The molecule has 0 aliphatic heterocycles. The Hall–Kier alpha value is -1.35. The highest BCUT2D eigenvalue weighted by Gasteiger charge is 2.01. The average Bonchev–Trinajstić information content (AvgIpc) is 2.67. The van der Waals surface area contributed by atoms with E-state index in [0.29, 0.717) is 5.88 Å². The van der Waals surface area contributed by atoms with E-state index in [1.165, 1.54) is 0 Å². The number of hydrogen-bond acceptors (Lipinski definition) is 2. The van der Waals surface area contributed by atoms with Crippen LogP contribution in [0.2, 0.25) is 0 Å². The van der Waals surface area contributed by atoms with E-state index in [-0.39, 0.29) is 0 Å². The van der Waals surface area contributed by atoms with Crippen molar-refractivity contribution in [2.75, 3.05) is 0 Å². The van der Waals surface area contributed by atoms with Gasteiger partial charge in [0, 0.05) is 18.0 Å². The summed E-state index contributed by atoms with van der Waals surface area (Å²) in [6, 6.07) is 5.76. The molecule has 0 unspecified atom stereocenters. The minimum atomic E-state index is 0.452. The predicted octanol–water partition coefficient (Wildman–Crippen LogP) is 2.21. The van der Waals surface area contributed by atoms with Crippen LogP contribution in [0.15, 0.2) is 30.6 Å². The smallest absolute Gasteiger partial charge is 0.0939 e. The Morgan fingerprint density at radius 3 is 3.00 bits per heavy atom. The molecule has 0 atom stereocenters. The van der Waals surface area contributed by atoms with Crippen molar-refractivity contribution in [3.05, 3.63) is 36.3 Å². The Morgan fingerprint density at radius 2 is 2.38 bits per heavy atom. The molecule has 0 saturated carbocycles. The normalized spacial score (nSPS) is 10.2. The number of alkyl halides is 1. The Labute approximate surface area is 80.8 Å². The monoisotopic (exact) mass is 193 g/mol. The number of H-pyrrole nitrogens is 1. The number of rotatable bonds is 2. The molecule has 2 heterocycles. The molecule has 2 aromatic rings. The van der Waals surface area contributed by atoms with Crippen molar-refractivity contribution in [1.29, 1.82) is 0 Å². The number of hydrogen-bond donors (Lipinski definition) is 1. The van der Waals surface area contributed by atoms with Gasteiger partial charge in [-0.3, -0.25) is 10.1 Å². The summed E-state index contributed by atoms with van der Waals surface area (Å²) in [5.74, 6) is 0.452. The van der Waals surface area contributed by atoms with Crippen molar-refractivity contribution in [1.82, 2.24) is 15.2 Å². The van der Waals surface area contributed by atoms with Crippen molar-refractivity contribution in [3.8, 4) is 11.3 Å². The molecule has 0 aromatic carbocycles. The summed E-state index contributed by atoms with van der Waals surface area (Å²) in [4.78, 5) is 4.01. The third-order valence-corrected chi connectivity index (χ3v) is 2.02. The number of halogens is 1. The minimum Gasteiger partial charge on any atom is -0.281 e. The standard InChI is InChI=1S/C9H8ClN3/c10-5-8-4-9(13-12-8)7-2-1-3-11-6-7/h1-4,6H,5H2,(H,12,13). The van der Waals surface area contributed by atoms with Gasteiger partial charge in [0.05, 0.1) is 17.3 Å². The van der Waals surface area contributed by atoms with Crippen LogP contribution in [0.25, 0.3) is 11.3 Å². The topological polar surface area (TPSA) is 41.6 Å². The lowest BCUT2D eigenvalue weighted by atomic mass is 10.2. The molecule has 0 spiro atoms. The van der Waals surface area contributed by atoms with E-state index in [2.05, 4.69) is 15.2 Å². The zero-order valence-electron chi connectivity index (χ0n) is 6.87. The first-order valence-electron chi connectivity index (χ1n) is 3.91. The zero-order valence-corrected chi connectivity index (χ0v) is 7.62. The van der Waals surface area contributed by atoms with Gasteiger partial charge in [-0.2, -0.15) is 5.10 Å². The Kier molecular flexibility index (Phi) is 2.27. The molecule has 3 nitrogen and oxygen atoms in total. The molecule has 66 valence electrons. The van der Waals surface area contributed by atoms with E-state index in [0.717, 1.165) is 17.0 Å². The van der Waals surface area contributed by atoms with Crippen LogP contribution in [0.5, 0.6) is 0 Å². The van der Waals surface area contributed by atoms with E-state index in [9.17, 15) is 0 Å². The molecular weight excluding hydrogens is 186 g/mol. The second-order valence-corrected chi connectivity index (χ2v) is 2.92. The molecule has 0 bridgehead atoms. The highest BCUT2D eigenvalue weighted by atomic mass is 35.5. The molecule has 4 heteroatoms. The summed E-state index contributed by atoms with van der Waals surface area (Å²) in [7, 11) is 0. The molecule has 0 saturated heterocycles. The molecular formula is C9H8ClN3. The highest BCUT2D eigenvalue weighted by molar-refractivity contribution is 6.16. The van der Waals surface area contributed by atoms with Crippen LogP contribution in [-0.4, -0.2) is 15.2 Å². The Morgan fingerprint density at radius 1 is 1.46 bits per heavy atom. The van der Waals surface area contributed by atoms with Gasteiger partial charge in [-0.1, -0.05) is 0 Å². The number of aromatic nitrogens is 3. The summed E-state index contributed by atoms with van der Waals surface area (Å²) in [6.07, 6.45) is 3.51. The molecule has 2 rings (SSSR count). The largest absolute Gasteiger partial charge is 0.281 e. The van der Waals surface area contributed by atoms with E-state index >= 15 is 0 Å². The Balaban J connectivity index is 2.36. The third kappa shape index (κ3) is 1.70. The van der Waals surface area contributed by atoms with Gasteiger partial charge >= 0.3 is 0 Å². The van der Waals surface area contributed by atoms with Crippen molar-refractivity contribution >= 4 is 11.6 Å². The summed E-state index contributed by atoms with van der Waals surface area (Å²) in [6.45, 7) is 0. The highest BCUT2D eigenvalue weighted by Crippen LogP contribution is 2.16. The van der Waals surface area contributed by atoms with Crippen molar-refractivity contribution < 1.29 is 0 Å². The van der Waals surface area contributed by atoms with E-state index < -0.39 is 0 Å². The van der Waals surface area contributed by atoms with Crippen LogP contribution in [0.1, 0.15) is 5.69 Å². The lowest BCUT2D eigenvalue weighted by Gasteiger charge is -1.91. The SMILES string of the molecule is ClCc1cc(-c2cccnc2)n[nH]1. The lowest BCUT2D eigenvalue weighted by molar-refractivity contribution is 1.04. The number of nitrogens with one attached hydrogen (secondary N) is 1. The maximum absolute atomic E-state index is 5.64. The fourth-order valence-corrected chi connectivity index (χ4v) is 1.23. The first-order chi connectivity index (χ1) is 6.40. The maximum atomic E-state index is 5.64. The molecule has 1 N–H and O–H groups in total. The summed E-state index contributed by atoms with van der Waals surface area (Å²) < 4.78 is 0. The lowest BCUT2D eigenvalue weighted by Crippen LogP contribution is -1.78. The van der Waals surface area contributed by atoms with Gasteiger partial charge in [-0.25, -0.2) is 0 Å². The van der Waals surface area contributed by atoms with E-state index in [4.69, 9.17) is 11.6 Å². The number of pyridine rings is 1. The molecule has 0 aliphatic rings. The van der Waals surface area contributed by atoms with Crippen LogP contribution < -0.4 is 0 Å².